The number of benzene rings is 2. The van der Waals surface area contributed by atoms with Crippen molar-refractivity contribution in [1.82, 2.24) is 14.7 Å². The van der Waals surface area contributed by atoms with Crippen LogP contribution in [0.3, 0.4) is 0 Å². The molecule has 156 valence electrons. The summed E-state index contributed by atoms with van der Waals surface area (Å²) >= 11 is 0. The maximum atomic E-state index is 12.7. The van der Waals surface area contributed by atoms with Gasteiger partial charge in [-0.25, -0.2) is 13.8 Å². The van der Waals surface area contributed by atoms with Crippen LogP contribution in [0.5, 0.6) is 5.75 Å². The van der Waals surface area contributed by atoms with E-state index in [0.29, 0.717) is 29.6 Å². The Kier molecular flexibility index (Phi) is 6.43. The highest BCUT2D eigenvalue weighted by Gasteiger charge is 2.22. The molecular weight excluding hydrogens is 404 g/mol. The van der Waals surface area contributed by atoms with Gasteiger partial charge < -0.3 is 5.11 Å². The first-order valence-electron chi connectivity index (χ1n) is 9.38. The zero-order valence-corrected chi connectivity index (χ0v) is 17.4. The second-order valence-electron chi connectivity index (χ2n) is 6.39. The molecule has 0 atom stereocenters. The molecule has 1 aromatic heterocycles. The molecule has 30 heavy (non-hydrogen) atoms. The summed E-state index contributed by atoms with van der Waals surface area (Å²) < 4.78 is 26.6. The van der Waals surface area contributed by atoms with E-state index in [4.69, 9.17) is 0 Å². The number of hydrogen-bond donors (Lipinski definition) is 2. The molecule has 0 spiro atoms. The number of amides is 1. The fourth-order valence-electron chi connectivity index (χ4n) is 3.03. The third-order valence-corrected chi connectivity index (χ3v) is 6.64. The van der Waals surface area contributed by atoms with Crippen molar-refractivity contribution in [3.8, 4) is 5.75 Å². The lowest BCUT2D eigenvalue weighted by Gasteiger charge is -2.18. The van der Waals surface area contributed by atoms with Gasteiger partial charge in [0.2, 0.25) is 10.0 Å². The number of phenolic OH excluding ortho intramolecular Hbond substituents is 1. The summed E-state index contributed by atoms with van der Waals surface area (Å²) in [7, 11) is -3.66. The van der Waals surface area contributed by atoms with Crippen molar-refractivity contribution in [3.05, 3.63) is 65.9 Å². The van der Waals surface area contributed by atoms with Gasteiger partial charge in [0.1, 0.15) is 11.3 Å². The van der Waals surface area contributed by atoms with Crippen molar-refractivity contribution in [3.63, 3.8) is 0 Å². The minimum atomic E-state index is -3.66. The topological polar surface area (TPSA) is 112 Å². The van der Waals surface area contributed by atoms with E-state index in [1.807, 2.05) is 0 Å². The van der Waals surface area contributed by atoms with Gasteiger partial charge in [0.25, 0.3) is 5.91 Å². The number of aromatic nitrogens is 1. The largest absolute Gasteiger partial charge is 0.506 e. The molecule has 0 unspecified atom stereocenters. The minimum absolute atomic E-state index is 0.0537. The van der Waals surface area contributed by atoms with Crippen LogP contribution < -0.4 is 5.43 Å². The normalized spacial score (nSPS) is 12.0. The Labute approximate surface area is 174 Å². The third-order valence-electron chi connectivity index (χ3n) is 4.59. The van der Waals surface area contributed by atoms with E-state index in [1.54, 1.807) is 38.2 Å². The van der Waals surface area contributed by atoms with Gasteiger partial charge in [-0.3, -0.25) is 9.78 Å². The van der Waals surface area contributed by atoms with E-state index in [-0.39, 0.29) is 16.2 Å². The number of pyridine rings is 1. The van der Waals surface area contributed by atoms with Crippen LogP contribution in [0, 0.1) is 0 Å². The maximum absolute atomic E-state index is 12.7. The third kappa shape index (κ3) is 4.32. The van der Waals surface area contributed by atoms with Crippen LogP contribution in [-0.4, -0.2) is 48.0 Å². The van der Waals surface area contributed by atoms with Crippen LogP contribution in [0.15, 0.2) is 64.7 Å². The van der Waals surface area contributed by atoms with Crippen molar-refractivity contribution in [2.24, 2.45) is 5.10 Å². The zero-order chi connectivity index (χ0) is 21.7. The number of aromatic hydroxyl groups is 1. The Hall–Kier alpha value is -3.30. The number of sulfonamides is 1. The van der Waals surface area contributed by atoms with Crippen LogP contribution in [-0.2, 0) is 10.0 Å². The molecule has 1 heterocycles. The van der Waals surface area contributed by atoms with Gasteiger partial charge in [-0.1, -0.05) is 26.0 Å². The van der Waals surface area contributed by atoms with Crippen LogP contribution in [0.4, 0.5) is 0 Å². The van der Waals surface area contributed by atoms with Gasteiger partial charge in [0.15, 0.2) is 0 Å². The molecule has 0 bridgehead atoms. The standard InChI is InChI=1S/C21H22N4O4S/c1-3-25(4-2)30(28,29)17-8-5-7-15(13-17)21(27)24-23-14-16-10-11-19(26)20-18(16)9-6-12-22-20/h5-14,26H,3-4H2,1-2H3,(H,24,27). The van der Waals surface area contributed by atoms with E-state index < -0.39 is 15.9 Å². The number of carbonyl (C=O) groups is 1. The molecule has 9 heteroatoms. The van der Waals surface area contributed by atoms with Crippen LogP contribution in [0.25, 0.3) is 10.9 Å². The molecule has 0 aliphatic carbocycles. The number of fused-ring (bicyclic) bond motifs is 1. The Morgan fingerprint density at radius 2 is 1.93 bits per heavy atom. The van der Waals surface area contributed by atoms with Gasteiger partial charge in [-0.15, -0.1) is 0 Å². The smallest absolute Gasteiger partial charge is 0.271 e. The summed E-state index contributed by atoms with van der Waals surface area (Å²) in [4.78, 5) is 16.6. The predicted molar refractivity (Wildman–Crippen MR) is 115 cm³/mol. The molecule has 2 aromatic carbocycles. The fourth-order valence-corrected chi connectivity index (χ4v) is 4.53. The SMILES string of the molecule is CCN(CC)S(=O)(=O)c1cccc(C(=O)NN=Cc2ccc(O)c3ncccc23)c1. The Morgan fingerprint density at radius 3 is 2.67 bits per heavy atom. The predicted octanol–water partition coefficient (Wildman–Crippen LogP) is 2.73. The van der Waals surface area contributed by atoms with Crippen molar-refractivity contribution < 1.29 is 18.3 Å². The van der Waals surface area contributed by atoms with E-state index in [2.05, 4.69) is 15.5 Å². The molecule has 0 fully saturated rings. The van der Waals surface area contributed by atoms with Gasteiger partial charge in [0, 0.05) is 35.8 Å². The van der Waals surface area contributed by atoms with Crippen molar-refractivity contribution in [2.75, 3.05) is 13.1 Å². The Bertz CT molecular complexity index is 1200. The second-order valence-corrected chi connectivity index (χ2v) is 8.33. The first kappa shape index (κ1) is 21.4. The summed E-state index contributed by atoms with van der Waals surface area (Å²) in [6.45, 7) is 4.20. The van der Waals surface area contributed by atoms with Crippen LogP contribution in [0.2, 0.25) is 0 Å². The summed E-state index contributed by atoms with van der Waals surface area (Å²) in [6, 6.07) is 12.5. The van der Waals surface area contributed by atoms with E-state index in [1.165, 1.54) is 40.9 Å². The van der Waals surface area contributed by atoms with Gasteiger partial charge >= 0.3 is 0 Å². The molecule has 0 radical (unpaired) electrons. The first-order valence-corrected chi connectivity index (χ1v) is 10.8. The summed E-state index contributed by atoms with van der Waals surface area (Å²) in [5.74, 6) is -0.484. The molecule has 3 rings (SSSR count). The molecule has 0 saturated heterocycles. The van der Waals surface area contributed by atoms with E-state index in [9.17, 15) is 18.3 Å². The Balaban J connectivity index is 1.80. The van der Waals surface area contributed by atoms with Crippen LogP contribution in [0.1, 0.15) is 29.8 Å². The van der Waals surface area contributed by atoms with Crippen molar-refractivity contribution in [1.29, 1.82) is 0 Å². The summed E-state index contributed by atoms with van der Waals surface area (Å²) in [5.41, 5.74) is 3.67. The van der Waals surface area contributed by atoms with E-state index in [0.717, 1.165) is 0 Å². The summed E-state index contributed by atoms with van der Waals surface area (Å²) in [6.07, 6.45) is 3.02. The second kappa shape index (κ2) is 9.02. The lowest BCUT2D eigenvalue weighted by atomic mass is 10.1. The number of nitrogens with zero attached hydrogens (tertiary/aromatic N) is 3. The number of hydrogen-bond acceptors (Lipinski definition) is 6. The van der Waals surface area contributed by atoms with Crippen LogP contribution >= 0.6 is 0 Å². The lowest BCUT2D eigenvalue weighted by Crippen LogP contribution is -2.30. The lowest BCUT2D eigenvalue weighted by molar-refractivity contribution is 0.0955. The molecule has 0 saturated carbocycles. The zero-order valence-electron chi connectivity index (χ0n) is 16.6. The van der Waals surface area contributed by atoms with Gasteiger partial charge in [-0.05, 0) is 36.4 Å². The molecule has 0 aliphatic rings. The monoisotopic (exact) mass is 426 g/mol. The van der Waals surface area contributed by atoms with Crippen molar-refractivity contribution in [2.45, 2.75) is 18.7 Å². The molecule has 2 N–H and O–H groups in total. The molecular formula is C21H22N4O4S. The fraction of sp³-hybridized carbons (Fsp3) is 0.190. The number of phenols is 1. The van der Waals surface area contributed by atoms with Gasteiger partial charge in [-0.2, -0.15) is 9.41 Å². The summed E-state index contributed by atoms with van der Waals surface area (Å²) in [5, 5.41) is 14.5. The maximum Gasteiger partial charge on any atom is 0.271 e. The van der Waals surface area contributed by atoms with Crippen molar-refractivity contribution >= 4 is 33.0 Å². The quantitative estimate of drug-likeness (QED) is 0.446. The highest BCUT2D eigenvalue weighted by Crippen LogP contribution is 2.24. The number of nitrogens with one attached hydrogen (secondary N) is 1. The number of rotatable bonds is 7. The molecule has 1 amide bonds. The number of hydrazone groups is 1. The van der Waals surface area contributed by atoms with Gasteiger partial charge in [0.05, 0.1) is 11.1 Å². The average Bonchev–Trinajstić information content (AvgIpc) is 2.76. The molecule has 8 nitrogen and oxygen atoms in total. The molecule has 0 aliphatic heterocycles. The average molecular weight is 426 g/mol. The minimum Gasteiger partial charge on any atom is -0.506 e. The number of carbonyl (C=O) groups excluding carboxylic acids is 1. The highest BCUT2D eigenvalue weighted by atomic mass is 32.2. The molecule has 3 aromatic rings. The first-order chi connectivity index (χ1) is 14.4. The Morgan fingerprint density at radius 1 is 1.17 bits per heavy atom. The van der Waals surface area contributed by atoms with E-state index >= 15 is 0 Å². The highest BCUT2D eigenvalue weighted by molar-refractivity contribution is 7.89.